The molecule has 2 aliphatic rings. The molecule has 0 aliphatic carbocycles. The summed E-state index contributed by atoms with van der Waals surface area (Å²) in [5.41, 5.74) is -1.73. The summed E-state index contributed by atoms with van der Waals surface area (Å²) in [6.45, 7) is 1.50. The Morgan fingerprint density at radius 3 is 2.53 bits per heavy atom. The molecule has 0 atom stereocenters. The predicted molar refractivity (Wildman–Crippen MR) is 76.8 cm³/mol. The van der Waals surface area contributed by atoms with E-state index in [2.05, 4.69) is 4.98 Å². The summed E-state index contributed by atoms with van der Waals surface area (Å²) in [5, 5.41) is 0. The molecule has 19 heavy (non-hydrogen) atoms. The Morgan fingerprint density at radius 2 is 1.89 bits per heavy atom. The van der Waals surface area contributed by atoms with Crippen molar-refractivity contribution < 1.29 is 21.6 Å². The second-order valence-corrected chi connectivity index (χ2v) is 5.47. The highest BCUT2D eigenvalue weighted by atomic mass is 16.7. The molecule has 0 amide bonds. The van der Waals surface area contributed by atoms with Crippen LogP contribution in [0.15, 0.2) is 18.1 Å². The summed E-state index contributed by atoms with van der Waals surface area (Å²) < 4.78 is 83.0. The molecule has 2 saturated heterocycles. The van der Waals surface area contributed by atoms with Gasteiger partial charge in [-0.15, -0.1) is 0 Å². The first-order valence-electron chi connectivity index (χ1n) is 10.5. The van der Waals surface area contributed by atoms with E-state index in [1.54, 1.807) is 27.7 Å². The van der Waals surface area contributed by atoms with E-state index in [1.807, 2.05) is 0 Å². The van der Waals surface area contributed by atoms with Crippen LogP contribution in [0, 0.1) is 0 Å². The molecule has 1 aromatic heterocycles. The topological polar surface area (TPSA) is 34.6 Å². The van der Waals surface area contributed by atoms with Crippen molar-refractivity contribution in [1.82, 2.24) is 4.98 Å². The van der Waals surface area contributed by atoms with Crippen molar-refractivity contribution in [3.8, 4) is 0 Å². The Hall–Kier alpha value is -1.07. The van der Waals surface area contributed by atoms with Gasteiger partial charge in [-0.25, -0.2) is 4.98 Å². The Bertz CT molecular complexity index is 813. The lowest BCUT2D eigenvalue weighted by molar-refractivity contribution is 0.00578. The third-order valence-electron chi connectivity index (χ3n) is 3.61. The van der Waals surface area contributed by atoms with Crippen molar-refractivity contribution in [3.63, 3.8) is 0 Å². The third-order valence-corrected chi connectivity index (χ3v) is 3.61. The molecule has 0 spiro atoms. The van der Waals surface area contributed by atoms with Gasteiger partial charge in [0, 0.05) is 21.2 Å². The minimum atomic E-state index is -2.86. The number of anilines is 1. The molecule has 3 rings (SSSR count). The Morgan fingerprint density at radius 1 is 1.26 bits per heavy atom. The van der Waals surface area contributed by atoms with Crippen molar-refractivity contribution in [3.05, 3.63) is 18.1 Å². The van der Waals surface area contributed by atoms with Crippen molar-refractivity contribution in [1.29, 1.82) is 0 Å². The third kappa shape index (κ3) is 2.15. The van der Waals surface area contributed by atoms with Gasteiger partial charge in [0.1, 0.15) is 5.82 Å². The molecule has 102 valence electrons. The molecule has 0 radical (unpaired) electrons. The number of rotatable bonds is 2. The summed E-state index contributed by atoms with van der Waals surface area (Å²) in [4.78, 5) is 4.46. The summed E-state index contributed by atoms with van der Waals surface area (Å²) in [7, 11) is -1.17. The van der Waals surface area contributed by atoms with Gasteiger partial charge in [-0.3, -0.25) is 0 Å². The fourth-order valence-corrected chi connectivity index (χ4v) is 1.71. The number of aromatic nitrogens is 1. The van der Waals surface area contributed by atoms with Crippen LogP contribution in [-0.4, -0.2) is 36.3 Å². The first kappa shape index (κ1) is 6.14. The fraction of sp³-hybridized carbons (Fsp3) is 0.643. The van der Waals surface area contributed by atoms with Gasteiger partial charge in [-0.2, -0.15) is 0 Å². The highest BCUT2D eigenvalue weighted by Gasteiger charge is 2.52. The molecular weight excluding hydrogens is 239 g/mol. The zero-order chi connectivity index (χ0) is 21.7. The first-order valence-corrected chi connectivity index (χ1v) is 6.04. The van der Waals surface area contributed by atoms with Gasteiger partial charge in [0.25, 0.3) is 0 Å². The summed E-state index contributed by atoms with van der Waals surface area (Å²) in [6, 6.07) is -1.72. The van der Waals surface area contributed by atoms with E-state index >= 15 is 0 Å². The normalized spacial score (nSPS) is 39.3. The summed E-state index contributed by atoms with van der Waals surface area (Å²) >= 11 is 0. The van der Waals surface area contributed by atoms with E-state index in [1.165, 1.54) is 0 Å². The number of nitrogens with zero attached hydrogens (tertiary/aromatic N) is 2. The molecule has 0 saturated carbocycles. The maximum atomic E-state index is 8.14. The highest BCUT2D eigenvalue weighted by molar-refractivity contribution is 6.61. The van der Waals surface area contributed by atoms with Crippen LogP contribution < -0.4 is 10.5 Å². The maximum absolute atomic E-state index is 8.14. The lowest BCUT2D eigenvalue weighted by Crippen LogP contribution is -2.41. The smallest absolute Gasteiger partial charge is 0.398 e. The van der Waals surface area contributed by atoms with E-state index in [4.69, 9.17) is 21.6 Å². The van der Waals surface area contributed by atoms with Gasteiger partial charge in [-0.1, -0.05) is 6.04 Å². The molecule has 4 nitrogen and oxygen atoms in total. The monoisotopic (exact) mass is 269 g/mol. The van der Waals surface area contributed by atoms with E-state index in [-0.39, 0.29) is 5.59 Å². The molecule has 0 unspecified atom stereocenters. The van der Waals surface area contributed by atoms with Crippen molar-refractivity contribution in [2.24, 2.45) is 0 Å². The Kier molecular flexibility index (Phi) is 1.36. The standard InChI is InChI=1S/C14H21BN2O2/c1-13(2)14(3,4)19-15(18-13)11-7-5-8-12(16-11)17-9-6-10-17/h5,7-8H,6,9-10H2,1-4H3/i5D,6D2,7D,8D,9D2,10D2. The minimum absolute atomic E-state index is 0.186. The van der Waals surface area contributed by atoms with Gasteiger partial charge in [-0.05, 0) is 46.2 Å². The molecule has 2 aliphatic heterocycles. The van der Waals surface area contributed by atoms with Crippen LogP contribution in [0.4, 0.5) is 5.82 Å². The number of hydrogen-bond acceptors (Lipinski definition) is 4. The fourth-order valence-electron chi connectivity index (χ4n) is 1.71. The second kappa shape index (κ2) is 4.22. The summed E-state index contributed by atoms with van der Waals surface area (Å²) in [6.07, 6.45) is -2.86. The average Bonchev–Trinajstić information content (AvgIpc) is 2.74. The molecule has 1 aromatic rings. The zero-order valence-electron chi connectivity index (χ0n) is 20.3. The highest BCUT2D eigenvalue weighted by Crippen LogP contribution is 2.36. The average molecular weight is 269 g/mol. The Balaban J connectivity index is 2.14. The molecular formula is C14H21BN2O2. The number of pyridine rings is 1. The van der Waals surface area contributed by atoms with Gasteiger partial charge < -0.3 is 14.2 Å². The Labute approximate surface area is 127 Å². The lowest BCUT2D eigenvalue weighted by atomic mass is 9.84. The van der Waals surface area contributed by atoms with Crippen LogP contribution in [0.2, 0.25) is 0 Å². The molecule has 2 fully saturated rings. The first-order chi connectivity index (χ1) is 12.4. The van der Waals surface area contributed by atoms with E-state index in [9.17, 15) is 0 Å². The van der Waals surface area contributed by atoms with Crippen LogP contribution in [0.3, 0.4) is 0 Å². The van der Waals surface area contributed by atoms with E-state index in [0.29, 0.717) is 4.90 Å². The van der Waals surface area contributed by atoms with Crippen LogP contribution in [0.5, 0.6) is 0 Å². The largest absolute Gasteiger partial charge is 0.514 e. The van der Waals surface area contributed by atoms with Crippen molar-refractivity contribution in [2.75, 3.05) is 17.9 Å². The maximum Gasteiger partial charge on any atom is 0.514 e. The van der Waals surface area contributed by atoms with Crippen molar-refractivity contribution >= 4 is 18.5 Å². The molecule has 0 aromatic carbocycles. The van der Waals surface area contributed by atoms with Crippen LogP contribution in [-0.2, 0) is 9.31 Å². The van der Waals surface area contributed by atoms with Gasteiger partial charge >= 0.3 is 7.12 Å². The van der Waals surface area contributed by atoms with Crippen LogP contribution in [0.25, 0.3) is 0 Å². The van der Waals surface area contributed by atoms with E-state index < -0.39 is 61.6 Å². The number of hydrogen-bond donors (Lipinski definition) is 0. The molecule has 0 N–H and O–H groups in total. The van der Waals surface area contributed by atoms with E-state index in [0.717, 1.165) is 0 Å². The van der Waals surface area contributed by atoms with Gasteiger partial charge in [0.15, 0.2) is 0 Å². The summed E-state index contributed by atoms with van der Waals surface area (Å²) in [5.74, 6) is -0.573. The van der Waals surface area contributed by atoms with Gasteiger partial charge in [0.2, 0.25) is 0 Å². The molecule has 5 heteroatoms. The minimum Gasteiger partial charge on any atom is -0.398 e. The van der Waals surface area contributed by atoms with Crippen LogP contribution >= 0.6 is 0 Å². The predicted octanol–water partition coefficient (Wildman–Crippen LogP) is 1.59. The zero-order valence-corrected chi connectivity index (χ0v) is 11.3. The quantitative estimate of drug-likeness (QED) is 0.764. The van der Waals surface area contributed by atoms with Crippen LogP contribution in [0.1, 0.15) is 46.4 Å². The van der Waals surface area contributed by atoms with Crippen molar-refractivity contribution in [2.45, 2.75) is 45.3 Å². The molecule has 3 heterocycles. The SMILES string of the molecule is [2H]c1c(B2OC(C)(C)C(C)(C)O2)nc(N2C([2H])([2H])C([2H])([2H])C2([2H])[2H])c([2H])c1[2H]. The lowest BCUT2D eigenvalue weighted by Gasteiger charge is -2.32. The second-order valence-electron chi connectivity index (χ2n) is 5.47. The van der Waals surface area contributed by atoms with Gasteiger partial charge in [0.05, 0.1) is 20.9 Å². The molecule has 0 bridgehead atoms.